The summed E-state index contributed by atoms with van der Waals surface area (Å²) in [5.74, 6) is 0. The van der Waals surface area contributed by atoms with E-state index in [0.29, 0.717) is 19.8 Å². The summed E-state index contributed by atoms with van der Waals surface area (Å²) < 4.78 is 30.5. The standard InChI is InChI=1S/C26H32O6/c1-3-15-28-25-24(31-19-21-13-9-6-10-14-21)23(30-18-20-11-7-5-8-12-20)22(17-27)32-26(25)29-16-4-2/h3-14,22-27H,1-2,15-19H2/t22-,23-,24+,25+,26+/m1/s1. The van der Waals surface area contributed by atoms with Gasteiger partial charge in [0.2, 0.25) is 0 Å². The van der Waals surface area contributed by atoms with Gasteiger partial charge in [-0.25, -0.2) is 0 Å². The van der Waals surface area contributed by atoms with Crippen LogP contribution in [0.15, 0.2) is 86.0 Å². The lowest BCUT2D eigenvalue weighted by atomic mass is 9.98. The topological polar surface area (TPSA) is 66.4 Å². The molecule has 1 aliphatic heterocycles. The molecule has 0 amide bonds. The molecule has 1 saturated heterocycles. The van der Waals surface area contributed by atoms with E-state index in [2.05, 4.69) is 13.2 Å². The van der Waals surface area contributed by atoms with Gasteiger partial charge in [0.25, 0.3) is 0 Å². The fourth-order valence-corrected chi connectivity index (χ4v) is 3.60. The summed E-state index contributed by atoms with van der Waals surface area (Å²) in [6, 6.07) is 19.7. The Labute approximate surface area is 190 Å². The highest BCUT2D eigenvalue weighted by atomic mass is 16.7. The molecule has 0 saturated carbocycles. The van der Waals surface area contributed by atoms with E-state index < -0.39 is 30.7 Å². The molecular formula is C26H32O6. The molecule has 32 heavy (non-hydrogen) atoms. The van der Waals surface area contributed by atoms with E-state index in [0.717, 1.165) is 11.1 Å². The summed E-state index contributed by atoms with van der Waals surface area (Å²) >= 11 is 0. The van der Waals surface area contributed by atoms with Crippen LogP contribution >= 0.6 is 0 Å². The van der Waals surface area contributed by atoms with Crippen molar-refractivity contribution < 1.29 is 28.8 Å². The van der Waals surface area contributed by atoms with Gasteiger partial charge in [0.1, 0.15) is 24.4 Å². The van der Waals surface area contributed by atoms with Gasteiger partial charge in [-0.2, -0.15) is 0 Å². The van der Waals surface area contributed by atoms with E-state index in [1.165, 1.54) is 0 Å². The fourth-order valence-electron chi connectivity index (χ4n) is 3.60. The van der Waals surface area contributed by atoms with Crippen molar-refractivity contribution in [2.75, 3.05) is 19.8 Å². The van der Waals surface area contributed by atoms with E-state index in [1.807, 2.05) is 60.7 Å². The van der Waals surface area contributed by atoms with Gasteiger partial charge in [0, 0.05) is 0 Å². The van der Waals surface area contributed by atoms with Crippen LogP contribution in [-0.2, 0) is 36.9 Å². The van der Waals surface area contributed by atoms with Crippen LogP contribution in [0.4, 0.5) is 0 Å². The highest BCUT2D eigenvalue weighted by Crippen LogP contribution is 2.30. The second-order valence-electron chi connectivity index (χ2n) is 7.46. The fraction of sp³-hybridized carbons (Fsp3) is 0.385. The summed E-state index contributed by atoms with van der Waals surface area (Å²) in [6.07, 6.45) is 0.221. The smallest absolute Gasteiger partial charge is 0.187 e. The number of aliphatic hydroxyl groups excluding tert-OH is 1. The molecule has 5 atom stereocenters. The van der Waals surface area contributed by atoms with Crippen LogP contribution in [0.2, 0.25) is 0 Å². The predicted molar refractivity (Wildman–Crippen MR) is 122 cm³/mol. The van der Waals surface area contributed by atoms with Crippen molar-refractivity contribution in [1.82, 2.24) is 0 Å². The second kappa shape index (κ2) is 13.3. The maximum atomic E-state index is 10.1. The lowest BCUT2D eigenvalue weighted by molar-refractivity contribution is -0.321. The Balaban J connectivity index is 1.83. The molecule has 0 aromatic heterocycles. The Bertz CT molecular complexity index is 796. The number of rotatable bonds is 13. The highest BCUT2D eigenvalue weighted by molar-refractivity contribution is 5.14. The molecule has 172 valence electrons. The Morgan fingerprint density at radius 2 is 1.25 bits per heavy atom. The van der Waals surface area contributed by atoms with E-state index in [1.54, 1.807) is 12.2 Å². The van der Waals surface area contributed by atoms with Crippen LogP contribution in [0.1, 0.15) is 11.1 Å². The summed E-state index contributed by atoms with van der Waals surface area (Å²) in [4.78, 5) is 0. The number of ether oxygens (including phenoxy) is 5. The number of hydrogen-bond acceptors (Lipinski definition) is 6. The first-order chi connectivity index (χ1) is 15.8. The lowest BCUT2D eigenvalue weighted by Crippen LogP contribution is -2.61. The SMILES string of the molecule is C=CCO[C@H]1O[C@H](CO)[C@@H](OCc2ccccc2)[C@H](OCc2ccccc2)[C@@H]1OCC=C. The number of benzene rings is 2. The second-order valence-corrected chi connectivity index (χ2v) is 7.46. The van der Waals surface area contributed by atoms with Gasteiger partial charge in [-0.3, -0.25) is 0 Å². The van der Waals surface area contributed by atoms with E-state index in [4.69, 9.17) is 23.7 Å². The van der Waals surface area contributed by atoms with Gasteiger partial charge in [-0.05, 0) is 11.1 Å². The molecule has 1 aliphatic rings. The number of aliphatic hydroxyl groups is 1. The quantitative estimate of drug-likeness (QED) is 0.480. The van der Waals surface area contributed by atoms with Crippen molar-refractivity contribution in [3.05, 3.63) is 97.1 Å². The predicted octanol–water partition coefficient (Wildman–Crippen LogP) is 3.65. The third kappa shape index (κ3) is 6.84. The summed E-state index contributed by atoms with van der Waals surface area (Å²) in [7, 11) is 0. The van der Waals surface area contributed by atoms with Crippen molar-refractivity contribution >= 4 is 0 Å². The van der Waals surface area contributed by atoms with E-state index in [9.17, 15) is 5.11 Å². The van der Waals surface area contributed by atoms with Gasteiger partial charge in [-0.15, -0.1) is 13.2 Å². The molecule has 1 fully saturated rings. The monoisotopic (exact) mass is 440 g/mol. The Kier molecular flexibility index (Phi) is 10.1. The Morgan fingerprint density at radius 3 is 1.78 bits per heavy atom. The average Bonchev–Trinajstić information content (AvgIpc) is 2.85. The molecule has 0 unspecified atom stereocenters. The van der Waals surface area contributed by atoms with Gasteiger partial charge in [0.05, 0.1) is 33.0 Å². The zero-order valence-corrected chi connectivity index (χ0v) is 18.3. The Hall–Kier alpha value is -2.32. The largest absolute Gasteiger partial charge is 0.394 e. The molecule has 2 aromatic carbocycles. The first-order valence-corrected chi connectivity index (χ1v) is 10.8. The lowest BCUT2D eigenvalue weighted by Gasteiger charge is -2.45. The van der Waals surface area contributed by atoms with Crippen LogP contribution in [-0.4, -0.2) is 55.6 Å². The van der Waals surface area contributed by atoms with Crippen LogP contribution in [0.5, 0.6) is 0 Å². The molecule has 0 aliphatic carbocycles. The minimum absolute atomic E-state index is 0.243. The first-order valence-electron chi connectivity index (χ1n) is 10.8. The van der Waals surface area contributed by atoms with Crippen LogP contribution in [0, 0.1) is 0 Å². The van der Waals surface area contributed by atoms with Gasteiger partial charge < -0.3 is 28.8 Å². The molecule has 6 nitrogen and oxygen atoms in total. The molecule has 6 heteroatoms. The number of hydrogen-bond donors (Lipinski definition) is 1. The van der Waals surface area contributed by atoms with Crippen molar-refractivity contribution in [2.24, 2.45) is 0 Å². The van der Waals surface area contributed by atoms with Gasteiger partial charge in [-0.1, -0.05) is 72.8 Å². The maximum absolute atomic E-state index is 10.1. The van der Waals surface area contributed by atoms with Crippen molar-refractivity contribution in [2.45, 2.75) is 43.9 Å². The van der Waals surface area contributed by atoms with Crippen LogP contribution in [0.25, 0.3) is 0 Å². The first kappa shape index (κ1) is 24.3. The van der Waals surface area contributed by atoms with Gasteiger partial charge >= 0.3 is 0 Å². The van der Waals surface area contributed by atoms with E-state index in [-0.39, 0.29) is 13.2 Å². The average molecular weight is 441 g/mol. The molecule has 3 rings (SSSR count). The van der Waals surface area contributed by atoms with Gasteiger partial charge in [0.15, 0.2) is 6.29 Å². The Morgan fingerprint density at radius 1 is 0.719 bits per heavy atom. The maximum Gasteiger partial charge on any atom is 0.187 e. The molecule has 1 heterocycles. The summed E-state index contributed by atoms with van der Waals surface area (Å²) in [5.41, 5.74) is 2.03. The molecular weight excluding hydrogens is 408 g/mol. The molecule has 0 spiro atoms. The highest BCUT2D eigenvalue weighted by Gasteiger charge is 2.48. The van der Waals surface area contributed by atoms with Crippen molar-refractivity contribution in [3.8, 4) is 0 Å². The van der Waals surface area contributed by atoms with Crippen LogP contribution < -0.4 is 0 Å². The summed E-state index contributed by atoms with van der Waals surface area (Å²) in [5, 5.41) is 10.1. The molecule has 0 bridgehead atoms. The normalized spacial score (nSPS) is 25.3. The molecule has 2 aromatic rings. The van der Waals surface area contributed by atoms with Crippen molar-refractivity contribution in [1.29, 1.82) is 0 Å². The zero-order chi connectivity index (χ0) is 22.6. The van der Waals surface area contributed by atoms with Crippen LogP contribution in [0.3, 0.4) is 0 Å². The zero-order valence-electron chi connectivity index (χ0n) is 18.3. The third-order valence-corrected chi connectivity index (χ3v) is 5.13. The van der Waals surface area contributed by atoms with Crippen molar-refractivity contribution in [3.63, 3.8) is 0 Å². The molecule has 1 N–H and O–H groups in total. The minimum atomic E-state index is -0.748. The minimum Gasteiger partial charge on any atom is -0.394 e. The van der Waals surface area contributed by atoms with E-state index >= 15 is 0 Å². The summed E-state index contributed by atoms with van der Waals surface area (Å²) in [6.45, 7) is 8.48. The third-order valence-electron chi connectivity index (χ3n) is 5.13. The molecule has 0 radical (unpaired) electrons.